The normalized spacial score (nSPS) is 15.5. The summed E-state index contributed by atoms with van der Waals surface area (Å²) in [6.07, 6.45) is 4.19. The third-order valence-electron chi connectivity index (χ3n) is 3.25. The highest BCUT2D eigenvalue weighted by Gasteiger charge is 2.30. The maximum Gasteiger partial charge on any atom is 0.320 e. The molecule has 1 saturated carbocycles. The molecule has 1 fully saturated rings. The maximum atomic E-state index is 11.5. The van der Waals surface area contributed by atoms with Gasteiger partial charge in [-0.1, -0.05) is 0 Å². The van der Waals surface area contributed by atoms with Gasteiger partial charge in [0, 0.05) is 6.04 Å². The van der Waals surface area contributed by atoms with Crippen molar-refractivity contribution < 1.29 is 9.53 Å². The SMILES string of the molecule is CCOC(=O)CN(CCCC(C)(C)C#N)C1CC1. The molecule has 0 radical (unpaired) electrons. The van der Waals surface area contributed by atoms with Gasteiger partial charge in [0.05, 0.1) is 24.6 Å². The lowest BCUT2D eigenvalue weighted by Gasteiger charge is -2.22. The molecule has 0 aromatic carbocycles. The maximum absolute atomic E-state index is 11.5. The van der Waals surface area contributed by atoms with Crippen LogP contribution in [-0.4, -0.2) is 36.6 Å². The highest BCUT2D eigenvalue weighted by molar-refractivity contribution is 5.71. The summed E-state index contributed by atoms with van der Waals surface area (Å²) in [6.45, 7) is 7.47. The summed E-state index contributed by atoms with van der Waals surface area (Å²) in [5.41, 5.74) is -0.265. The Morgan fingerprint density at radius 3 is 2.67 bits per heavy atom. The zero-order chi connectivity index (χ0) is 13.6. The third-order valence-corrected chi connectivity index (χ3v) is 3.25. The van der Waals surface area contributed by atoms with Crippen molar-refractivity contribution in [3.05, 3.63) is 0 Å². The average Bonchev–Trinajstić information content (AvgIpc) is 3.12. The van der Waals surface area contributed by atoms with E-state index in [0.717, 1.165) is 19.4 Å². The van der Waals surface area contributed by atoms with Crippen molar-refractivity contribution in [2.24, 2.45) is 5.41 Å². The summed E-state index contributed by atoms with van der Waals surface area (Å²) in [6, 6.07) is 2.87. The van der Waals surface area contributed by atoms with Crippen LogP contribution in [0, 0.1) is 16.7 Å². The summed E-state index contributed by atoms with van der Waals surface area (Å²) >= 11 is 0. The van der Waals surface area contributed by atoms with E-state index < -0.39 is 0 Å². The standard InChI is InChI=1S/C14H24N2O2/c1-4-18-13(17)10-16(12-6-7-12)9-5-8-14(2,3)11-15/h12H,4-10H2,1-3H3. The third kappa shape index (κ3) is 5.50. The Labute approximate surface area is 110 Å². The number of rotatable bonds is 8. The van der Waals surface area contributed by atoms with Crippen LogP contribution >= 0.6 is 0 Å². The van der Waals surface area contributed by atoms with Crippen molar-refractivity contribution in [2.75, 3.05) is 19.7 Å². The van der Waals surface area contributed by atoms with Gasteiger partial charge >= 0.3 is 5.97 Å². The van der Waals surface area contributed by atoms with Crippen LogP contribution in [0.5, 0.6) is 0 Å². The second kappa shape index (κ2) is 6.75. The van der Waals surface area contributed by atoms with E-state index in [4.69, 9.17) is 10.00 Å². The van der Waals surface area contributed by atoms with E-state index >= 15 is 0 Å². The molecule has 0 heterocycles. The molecule has 4 heteroatoms. The zero-order valence-corrected chi connectivity index (χ0v) is 11.7. The molecule has 4 nitrogen and oxygen atoms in total. The topological polar surface area (TPSA) is 53.3 Å². The first kappa shape index (κ1) is 15.0. The highest BCUT2D eigenvalue weighted by atomic mass is 16.5. The number of nitriles is 1. The Balaban J connectivity index is 2.31. The molecule has 0 aliphatic heterocycles. The second-order valence-corrected chi connectivity index (χ2v) is 5.61. The van der Waals surface area contributed by atoms with Crippen molar-refractivity contribution in [1.29, 1.82) is 5.26 Å². The highest BCUT2D eigenvalue weighted by Crippen LogP contribution is 2.28. The molecule has 0 N–H and O–H groups in total. The first-order chi connectivity index (χ1) is 8.48. The number of carbonyl (C=O) groups excluding carboxylic acids is 1. The molecule has 1 aliphatic carbocycles. The fraction of sp³-hybridized carbons (Fsp3) is 0.857. The minimum atomic E-state index is -0.265. The number of esters is 1. The summed E-state index contributed by atoms with van der Waals surface area (Å²) in [5, 5.41) is 8.96. The van der Waals surface area contributed by atoms with Gasteiger partial charge < -0.3 is 4.74 Å². The van der Waals surface area contributed by atoms with Crippen LogP contribution in [0.2, 0.25) is 0 Å². The first-order valence-electron chi connectivity index (χ1n) is 6.79. The van der Waals surface area contributed by atoms with Gasteiger partial charge in [0.15, 0.2) is 0 Å². The van der Waals surface area contributed by atoms with Crippen molar-refractivity contribution >= 4 is 5.97 Å². The summed E-state index contributed by atoms with van der Waals surface area (Å²) in [4.78, 5) is 13.7. The average molecular weight is 252 g/mol. The van der Waals surface area contributed by atoms with Crippen LogP contribution in [0.4, 0.5) is 0 Å². The second-order valence-electron chi connectivity index (χ2n) is 5.61. The smallest absolute Gasteiger partial charge is 0.320 e. The zero-order valence-electron chi connectivity index (χ0n) is 11.7. The Bertz CT molecular complexity index is 316. The molecule has 0 bridgehead atoms. The van der Waals surface area contributed by atoms with E-state index in [-0.39, 0.29) is 11.4 Å². The number of hydrogen-bond donors (Lipinski definition) is 0. The number of hydrogen-bond acceptors (Lipinski definition) is 4. The van der Waals surface area contributed by atoms with Crippen LogP contribution < -0.4 is 0 Å². The molecule has 102 valence electrons. The fourth-order valence-corrected chi connectivity index (χ4v) is 1.98. The minimum absolute atomic E-state index is 0.135. The lowest BCUT2D eigenvalue weighted by atomic mass is 9.90. The van der Waals surface area contributed by atoms with Crippen LogP contribution in [-0.2, 0) is 9.53 Å². The van der Waals surface area contributed by atoms with Gasteiger partial charge in [-0.15, -0.1) is 0 Å². The molecule has 18 heavy (non-hydrogen) atoms. The van der Waals surface area contributed by atoms with E-state index in [1.807, 2.05) is 20.8 Å². The predicted octanol–water partition coefficient (Wildman–Crippen LogP) is 2.34. The van der Waals surface area contributed by atoms with Gasteiger partial charge in [0.1, 0.15) is 0 Å². The molecule has 0 unspecified atom stereocenters. The number of carbonyl (C=O) groups is 1. The molecular weight excluding hydrogens is 228 g/mol. The molecule has 1 aliphatic rings. The molecule has 0 spiro atoms. The largest absolute Gasteiger partial charge is 0.465 e. The summed E-state index contributed by atoms with van der Waals surface area (Å²) < 4.78 is 4.99. The van der Waals surface area contributed by atoms with Crippen molar-refractivity contribution in [3.63, 3.8) is 0 Å². The molecule has 0 aromatic rings. The van der Waals surface area contributed by atoms with Crippen molar-refractivity contribution in [1.82, 2.24) is 4.90 Å². The van der Waals surface area contributed by atoms with Crippen LogP contribution in [0.1, 0.15) is 46.5 Å². The van der Waals surface area contributed by atoms with Crippen LogP contribution in [0.3, 0.4) is 0 Å². The van der Waals surface area contributed by atoms with Crippen molar-refractivity contribution in [3.8, 4) is 6.07 Å². The predicted molar refractivity (Wildman–Crippen MR) is 69.9 cm³/mol. The number of nitrogens with zero attached hydrogens (tertiary/aromatic N) is 2. The molecular formula is C14H24N2O2. The van der Waals surface area contributed by atoms with E-state index in [1.54, 1.807) is 0 Å². The Morgan fingerprint density at radius 2 is 2.17 bits per heavy atom. The first-order valence-corrected chi connectivity index (χ1v) is 6.79. The molecule has 0 atom stereocenters. The van der Waals surface area contributed by atoms with Gasteiger partial charge in [0.25, 0.3) is 0 Å². The Morgan fingerprint density at radius 1 is 1.50 bits per heavy atom. The van der Waals surface area contributed by atoms with Gasteiger partial charge in [-0.3, -0.25) is 9.69 Å². The Hall–Kier alpha value is -1.08. The quantitative estimate of drug-likeness (QED) is 0.622. The lowest BCUT2D eigenvalue weighted by molar-refractivity contribution is -0.144. The van der Waals surface area contributed by atoms with Gasteiger partial charge in [0.2, 0.25) is 0 Å². The van der Waals surface area contributed by atoms with Crippen molar-refractivity contribution in [2.45, 2.75) is 52.5 Å². The number of ether oxygens (including phenoxy) is 1. The van der Waals surface area contributed by atoms with Crippen LogP contribution in [0.15, 0.2) is 0 Å². The Kier molecular flexibility index (Phi) is 5.61. The fourth-order valence-electron chi connectivity index (χ4n) is 1.98. The monoisotopic (exact) mass is 252 g/mol. The van der Waals surface area contributed by atoms with E-state index in [9.17, 15) is 4.79 Å². The molecule has 0 aromatic heterocycles. The lowest BCUT2D eigenvalue weighted by Crippen LogP contribution is -2.34. The van der Waals surface area contributed by atoms with E-state index in [2.05, 4.69) is 11.0 Å². The van der Waals surface area contributed by atoms with Gasteiger partial charge in [-0.2, -0.15) is 5.26 Å². The summed E-state index contributed by atoms with van der Waals surface area (Å²) in [7, 11) is 0. The van der Waals surface area contributed by atoms with E-state index in [0.29, 0.717) is 19.2 Å². The summed E-state index contributed by atoms with van der Waals surface area (Å²) in [5.74, 6) is -0.135. The van der Waals surface area contributed by atoms with Gasteiger partial charge in [-0.25, -0.2) is 0 Å². The van der Waals surface area contributed by atoms with E-state index in [1.165, 1.54) is 12.8 Å². The minimum Gasteiger partial charge on any atom is -0.465 e. The molecule has 1 rings (SSSR count). The molecule has 0 saturated heterocycles. The van der Waals surface area contributed by atoms with Crippen LogP contribution in [0.25, 0.3) is 0 Å². The molecule has 0 amide bonds. The van der Waals surface area contributed by atoms with Gasteiger partial charge in [-0.05, 0) is 53.0 Å².